The lowest BCUT2D eigenvalue weighted by Gasteiger charge is -2.30. The molecule has 0 N–H and O–H groups in total. The van der Waals surface area contributed by atoms with E-state index >= 15 is 0 Å². The zero-order chi connectivity index (χ0) is 6.20. The molecule has 0 nitrogen and oxygen atoms in total. The normalized spacial score (nSPS) is 39.6. The van der Waals surface area contributed by atoms with E-state index in [1.165, 1.54) is 18.6 Å². The molecule has 1 heterocycles. The van der Waals surface area contributed by atoms with Crippen LogP contribution in [0, 0.1) is 0 Å². The second kappa shape index (κ2) is 1.94. The Morgan fingerprint density at radius 3 is 2.12 bits per heavy atom. The lowest BCUT2D eigenvalue weighted by molar-refractivity contribution is 0.836. The van der Waals surface area contributed by atoms with Gasteiger partial charge in [0, 0.05) is 0 Å². The molecule has 1 unspecified atom stereocenters. The average molecular weight is 132 g/mol. The molecule has 1 heteroatoms. The largest absolute Gasteiger partial charge is 0.244 e. The Morgan fingerprint density at radius 2 is 2.00 bits per heavy atom. The van der Waals surface area contributed by atoms with Crippen LogP contribution in [0.4, 0.5) is 0 Å². The predicted molar refractivity (Wildman–Crippen MR) is 43.0 cm³/mol. The van der Waals surface area contributed by atoms with E-state index in [1.807, 2.05) is 0 Å². The number of hydrogen-bond donors (Lipinski definition) is 0. The summed E-state index contributed by atoms with van der Waals surface area (Å²) in [5.74, 6) is 1.52. The van der Waals surface area contributed by atoms with Crippen LogP contribution in [0.2, 0.25) is 0 Å². The lowest BCUT2D eigenvalue weighted by Crippen LogP contribution is -2.05. The minimum atomic E-state index is -0.125. The second-order valence-electron chi connectivity index (χ2n) is 3.28. The maximum atomic E-state index is 2.46. The standard InChI is InChI=1S/C7H16S/c1-7-5-4-6-8(7,2)3/h7H,4-6H2,1-3H3. The molecule has 0 amide bonds. The van der Waals surface area contributed by atoms with Crippen molar-refractivity contribution in [2.75, 3.05) is 18.3 Å². The van der Waals surface area contributed by atoms with Gasteiger partial charge < -0.3 is 0 Å². The van der Waals surface area contributed by atoms with Crippen LogP contribution in [0.15, 0.2) is 0 Å². The SMILES string of the molecule is CC1CCCS1(C)C. The monoisotopic (exact) mass is 132 g/mol. The summed E-state index contributed by atoms with van der Waals surface area (Å²) in [6.45, 7) is 2.41. The molecule has 50 valence electrons. The quantitative estimate of drug-likeness (QED) is 0.474. The number of hydrogen-bond acceptors (Lipinski definition) is 0. The second-order valence-corrected chi connectivity index (χ2v) is 7.74. The maximum absolute atomic E-state index is 2.46. The molecule has 1 aliphatic heterocycles. The topological polar surface area (TPSA) is 0 Å². The van der Waals surface area contributed by atoms with Crippen molar-refractivity contribution in [3.63, 3.8) is 0 Å². The van der Waals surface area contributed by atoms with Gasteiger partial charge in [-0.1, -0.05) is 6.92 Å². The molecule has 0 bridgehead atoms. The van der Waals surface area contributed by atoms with Gasteiger partial charge in [-0.05, 0) is 36.4 Å². The van der Waals surface area contributed by atoms with E-state index in [0.29, 0.717) is 0 Å². The smallest absolute Gasteiger partial charge is 0.0145 e. The van der Waals surface area contributed by atoms with Crippen molar-refractivity contribution in [2.24, 2.45) is 0 Å². The first-order chi connectivity index (χ1) is 3.63. The molecule has 0 aliphatic carbocycles. The first-order valence-electron chi connectivity index (χ1n) is 3.33. The van der Waals surface area contributed by atoms with Gasteiger partial charge in [-0.3, -0.25) is 0 Å². The van der Waals surface area contributed by atoms with Crippen LogP contribution < -0.4 is 0 Å². The summed E-state index contributed by atoms with van der Waals surface area (Å²) in [6, 6.07) is 0. The Bertz CT molecular complexity index is 86.4. The predicted octanol–water partition coefficient (Wildman–Crippen LogP) is 2.23. The Hall–Kier alpha value is 0.350. The third kappa shape index (κ3) is 1.02. The highest BCUT2D eigenvalue weighted by Crippen LogP contribution is 2.52. The Balaban J connectivity index is 2.54. The highest BCUT2D eigenvalue weighted by atomic mass is 32.3. The molecule has 0 aromatic heterocycles. The van der Waals surface area contributed by atoms with Crippen LogP contribution in [0.1, 0.15) is 19.8 Å². The van der Waals surface area contributed by atoms with Crippen LogP contribution in [0.5, 0.6) is 0 Å². The van der Waals surface area contributed by atoms with Gasteiger partial charge >= 0.3 is 0 Å². The molecule has 0 saturated carbocycles. The van der Waals surface area contributed by atoms with Gasteiger partial charge in [-0.25, -0.2) is 10.0 Å². The fraction of sp³-hybridized carbons (Fsp3) is 1.00. The fourth-order valence-corrected chi connectivity index (χ4v) is 3.38. The minimum absolute atomic E-state index is 0.125. The van der Waals surface area contributed by atoms with Crippen molar-refractivity contribution in [3.05, 3.63) is 0 Å². The van der Waals surface area contributed by atoms with Crippen LogP contribution in [-0.2, 0) is 0 Å². The van der Waals surface area contributed by atoms with Crippen LogP contribution in [-0.4, -0.2) is 23.5 Å². The van der Waals surface area contributed by atoms with Gasteiger partial charge in [0.25, 0.3) is 0 Å². The first kappa shape index (κ1) is 6.47. The third-order valence-electron chi connectivity index (χ3n) is 2.37. The molecule has 0 aromatic carbocycles. The van der Waals surface area contributed by atoms with Gasteiger partial charge in [0.1, 0.15) is 0 Å². The number of rotatable bonds is 0. The van der Waals surface area contributed by atoms with Gasteiger partial charge in [0.15, 0.2) is 0 Å². The molecule has 1 saturated heterocycles. The zero-order valence-electron chi connectivity index (χ0n) is 6.11. The van der Waals surface area contributed by atoms with E-state index < -0.39 is 0 Å². The molecule has 1 aliphatic rings. The van der Waals surface area contributed by atoms with E-state index in [0.717, 1.165) is 5.25 Å². The van der Waals surface area contributed by atoms with E-state index in [4.69, 9.17) is 0 Å². The highest BCUT2D eigenvalue weighted by Gasteiger charge is 2.25. The van der Waals surface area contributed by atoms with E-state index in [9.17, 15) is 0 Å². The van der Waals surface area contributed by atoms with Crippen molar-refractivity contribution >= 4 is 10.0 Å². The summed E-state index contributed by atoms with van der Waals surface area (Å²) >= 11 is 0. The first-order valence-corrected chi connectivity index (χ1v) is 6.01. The Morgan fingerprint density at radius 1 is 1.38 bits per heavy atom. The Labute approximate surface area is 54.0 Å². The third-order valence-corrected chi connectivity index (χ3v) is 6.13. The van der Waals surface area contributed by atoms with Gasteiger partial charge in [-0.15, -0.1) is 0 Å². The van der Waals surface area contributed by atoms with E-state index in [2.05, 4.69) is 19.4 Å². The van der Waals surface area contributed by atoms with Crippen LogP contribution >= 0.6 is 10.0 Å². The minimum Gasteiger partial charge on any atom is -0.244 e. The summed E-state index contributed by atoms with van der Waals surface area (Å²) in [5, 5.41) is 1.04. The van der Waals surface area contributed by atoms with Crippen molar-refractivity contribution < 1.29 is 0 Å². The van der Waals surface area contributed by atoms with Gasteiger partial charge in [0.2, 0.25) is 0 Å². The van der Waals surface area contributed by atoms with Crippen molar-refractivity contribution in [1.29, 1.82) is 0 Å². The summed E-state index contributed by atoms with van der Waals surface area (Å²) < 4.78 is 0. The molecule has 8 heavy (non-hydrogen) atoms. The molecule has 1 atom stereocenters. The molecule has 1 rings (SSSR count). The maximum Gasteiger partial charge on any atom is -0.0145 e. The van der Waals surface area contributed by atoms with Crippen LogP contribution in [0.3, 0.4) is 0 Å². The molecule has 1 fully saturated rings. The van der Waals surface area contributed by atoms with Crippen molar-refractivity contribution in [2.45, 2.75) is 25.0 Å². The van der Waals surface area contributed by atoms with Crippen molar-refractivity contribution in [1.82, 2.24) is 0 Å². The molecule has 0 aromatic rings. The fourth-order valence-electron chi connectivity index (χ4n) is 1.26. The molecular formula is C7H16S. The van der Waals surface area contributed by atoms with Crippen molar-refractivity contribution in [3.8, 4) is 0 Å². The van der Waals surface area contributed by atoms with Gasteiger partial charge in [0.05, 0.1) is 0 Å². The molecule has 0 spiro atoms. The van der Waals surface area contributed by atoms with E-state index in [1.54, 1.807) is 0 Å². The lowest BCUT2D eigenvalue weighted by atomic mass is 10.3. The molecule has 0 radical (unpaired) electrons. The summed E-state index contributed by atoms with van der Waals surface area (Å²) in [7, 11) is -0.125. The van der Waals surface area contributed by atoms with E-state index in [-0.39, 0.29) is 10.0 Å². The zero-order valence-corrected chi connectivity index (χ0v) is 6.92. The van der Waals surface area contributed by atoms with Crippen LogP contribution in [0.25, 0.3) is 0 Å². The average Bonchev–Trinajstić information content (AvgIpc) is 1.86. The summed E-state index contributed by atoms with van der Waals surface area (Å²) in [4.78, 5) is 0. The summed E-state index contributed by atoms with van der Waals surface area (Å²) in [5.41, 5.74) is 0. The Kier molecular flexibility index (Phi) is 1.57. The molecular weight excluding hydrogens is 116 g/mol. The highest BCUT2D eigenvalue weighted by molar-refractivity contribution is 8.33. The summed E-state index contributed by atoms with van der Waals surface area (Å²) in [6.07, 6.45) is 7.90. The van der Waals surface area contributed by atoms with Gasteiger partial charge in [-0.2, -0.15) is 0 Å².